The van der Waals surface area contributed by atoms with Crippen molar-refractivity contribution in [3.8, 4) is 22.3 Å². The molecule has 33 nitrogen and oxygen atoms in total. The van der Waals surface area contributed by atoms with Gasteiger partial charge in [-0.1, -0.05) is 132 Å². The van der Waals surface area contributed by atoms with E-state index in [-0.39, 0.29) is 58.9 Å². The number of halogens is 8. The van der Waals surface area contributed by atoms with Gasteiger partial charge in [-0.25, -0.2) is 56.3 Å². The Kier molecular flexibility index (Phi) is 34.5. The van der Waals surface area contributed by atoms with Gasteiger partial charge in [0.15, 0.2) is 28.4 Å². The highest BCUT2D eigenvalue weighted by Crippen LogP contribution is 2.54. The summed E-state index contributed by atoms with van der Waals surface area (Å²) in [5.41, 5.74) is 30.3. The van der Waals surface area contributed by atoms with Crippen LogP contribution < -0.4 is 67.1 Å². The van der Waals surface area contributed by atoms with Crippen molar-refractivity contribution in [3.05, 3.63) is 143 Å². The minimum absolute atomic E-state index is 0.0495. The largest absolute Gasteiger partial charge is 0.490 e. The number of piperidine rings is 4. The van der Waals surface area contributed by atoms with Crippen molar-refractivity contribution in [3.63, 3.8) is 0 Å². The molecule has 11 aromatic rings. The van der Waals surface area contributed by atoms with Gasteiger partial charge in [0.25, 0.3) is 0 Å². The number of amides is 2. The van der Waals surface area contributed by atoms with Gasteiger partial charge in [0, 0.05) is 143 Å². The van der Waals surface area contributed by atoms with Gasteiger partial charge < -0.3 is 62.1 Å². The summed E-state index contributed by atoms with van der Waals surface area (Å²) in [5, 5.41) is 19.8. The monoisotopic (exact) mass is 2290 g/mol. The lowest BCUT2D eigenvalue weighted by Gasteiger charge is -2.44. The molecule has 786 valence electrons. The maximum atomic E-state index is 13.4. The number of hydrogen-bond acceptors (Lipinski definition) is 25. The highest BCUT2D eigenvalue weighted by atomic mass is 79.9. The Bertz CT molecular complexity index is 6590. The smallest absolute Gasteiger partial charge is 0.443 e. The Morgan fingerprint density at radius 2 is 0.717 bits per heavy atom. The summed E-state index contributed by atoms with van der Waals surface area (Å²) in [6, 6.07) is 16.8. The molecule has 0 radical (unpaired) electrons. The summed E-state index contributed by atoms with van der Waals surface area (Å²) in [5.74, 6) is 4.32. The predicted octanol–water partition coefficient (Wildman–Crippen LogP) is 20.2. The molecule has 8 aromatic heterocycles. The first kappa shape index (κ1) is 112. The highest BCUT2D eigenvalue weighted by Gasteiger charge is 2.52. The van der Waals surface area contributed by atoms with E-state index in [1.54, 1.807) is 90.6 Å². The summed E-state index contributed by atoms with van der Waals surface area (Å²) in [4.78, 5) is 73.9. The number of imidazole rings is 4. The number of carbonyl (C=O) groups is 2. The van der Waals surface area contributed by atoms with E-state index in [1.807, 2.05) is 129 Å². The van der Waals surface area contributed by atoms with Crippen molar-refractivity contribution in [1.82, 2.24) is 71.6 Å². The SMILES string of the molecule is CC(C)(C)OC(=O)N(C(=O)OC(C)(C)C)c1nc(N2CCC3(CCC[C@H]3N[S@](=O)C(C)(C)C)CC2)n2ccnc2c1Br.CC(C)(C)[S@@](=O)N[C@@H]1CCCC12CCN(c1nc(N)c(-c3cccc(Cl)c3Cl)c3nccn13)CC2.CC(C)(C)[S@@](=O)N[C@@H]1CCCC12CCN(c1nc(N)c(Br)c3nccn13)CC2.Nc1nc(N2CCC3(CCC[C@H]3N)CC2)n2ccnc2c1-c1cccc(Cl)c1Cl.OB(O)c1cccc(Cl)c1Cl. The van der Waals surface area contributed by atoms with Crippen LogP contribution in [-0.4, -0.2) is 201 Å². The number of imide groups is 1. The van der Waals surface area contributed by atoms with Gasteiger partial charge >= 0.3 is 19.3 Å². The molecule has 12 heterocycles. The van der Waals surface area contributed by atoms with E-state index in [0.717, 1.165) is 179 Å². The average Bonchev–Trinajstić information content (AvgIpc) is 1.66. The molecule has 0 unspecified atom stereocenters. The van der Waals surface area contributed by atoms with Crippen molar-refractivity contribution in [2.75, 3.05) is 94.1 Å². The van der Waals surface area contributed by atoms with Crippen LogP contribution in [0.3, 0.4) is 0 Å². The molecule has 4 aliphatic heterocycles. The molecule has 4 spiro atoms. The predicted molar refractivity (Wildman–Crippen MR) is 596 cm³/mol. The Balaban J connectivity index is 0.000000141. The van der Waals surface area contributed by atoms with Gasteiger partial charge in [0.05, 0.1) is 88.5 Å². The summed E-state index contributed by atoms with van der Waals surface area (Å²) in [6.45, 7) is 35.3. The molecule has 19 rings (SSSR count). The van der Waals surface area contributed by atoms with Crippen LogP contribution in [0.4, 0.5) is 56.7 Å². The molecule has 0 bridgehead atoms. The van der Waals surface area contributed by atoms with E-state index < -0.39 is 63.5 Å². The molecule has 13 N–H and O–H groups in total. The third-order valence-electron chi connectivity index (χ3n) is 29.4. The third kappa shape index (κ3) is 24.3. The summed E-state index contributed by atoms with van der Waals surface area (Å²) in [7, 11) is -4.80. The van der Waals surface area contributed by atoms with Crippen molar-refractivity contribution in [2.24, 2.45) is 27.4 Å². The number of rotatable bonds is 14. The molecule has 4 saturated carbocycles. The number of nitrogens with zero attached hydrogens (tertiary/aromatic N) is 17. The van der Waals surface area contributed by atoms with Crippen molar-refractivity contribution >= 4 is 229 Å². The van der Waals surface area contributed by atoms with Crippen molar-refractivity contribution in [2.45, 2.75) is 282 Å². The van der Waals surface area contributed by atoms with Gasteiger partial charge in [-0.05, 0) is 278 Å². The van der Waals surface area contributed by atoms with Crippen LogP contribution in [0.2, 0.25) is 30.1 Å². The fourth-order valence-corrected chi connectivity index (χ4v) is 26.5. The number of fused-ring (bicyclic) bond motifs is 4. The number of benzene rings is 3. The van der Waals surface area contributed by atoms with Crippen molar-refractivity contribution < 1.29 is 41.7 Å². The molecule has 4 saturated heterocycles. The standard InChI is InChI=1S/C29H45BrN6O5S.C25H32Cl2N6OS.C21H24Cl2N6.C19H29BrN6OS.C6H5BCl2O2/c1-26(2,3)40-24(37)36(25(38)41-27(4,5)6)22-20(30)21-31-15-18-35(21)23(32-22)34-16-13-29(14-17-34)12-10-11-19(29)33-42(39)28(7,8)9;1-24(2,3)35(34)31-18-8-5-9-25(18)10-13-32(14-11-25)23-30-21(28)19(22-29-12-15-33(22)23)16-6-4-7-17(26)20(16)27;22-14-4-1-3-13(17(14)23)16-18(25)27-20(29-12-9-26-19(16)29)28-10-7-21(8-11-28)6-2-5-15(21)24;1-18(2,3)28(27)24-13-5-4-6-19(13)7-10-25(11-8-19)17-23-15(21)14(20)16-22-9-12-26(16)17;8-5-3-1-2-4(6(5)9)7(10)11/h15,18-19,33H,10-14,16-17H2,1-9H3;4,6-7,12,15,18,31H,5,8-11,13-14,28H2,1-3H3;1,3-4,9,12,15H,2,5-8,10-11,24-25H2;9,12-13,24H,4-8,10-11,21H2,1-3H3;1-3,10-11H/t19-,42-;18-,35-;15-;13-,28-;/m1111./s1. The molecule has 8 fully saturated rings. The maximum Gasteiger partial charge on any atom is 0.490 e. The van der Waals surface area contributed by atoms with E-state index in [4.69, 9.17) is 127 Å². The average molecular weight is 2300 g/mol. The Morgan fingerprint density at radius 1 is 0.421 bits per heavy atom. The second kappa shape index (κ2) is 44.8. The molecular formula is C100H135BBr2Cl6N24O9S3. The lowest BCUT2D eigenvalue weighted by atomic mass is 9.74. The zero-order valence-corrected chi connectivity index (χ0v) is 95.1. The number of carbonyl (C=O) groups excluding carboxylic acids is 2. The zero-order chi connectivity index (χ0) is 105. The Labute approximate surface area is 903 Å². The first-order valence-corrected chi connectivity index (χ1v) is 56.9. The van der Waals surface area contributed by atoms with E-state index >= 15 is 0 Å². The minimum Gasteiger partial charge on any atom is -0.443 e. The lowest BCUT2D eigenvalue weighted by molar-refractivity contribution is 0.0428. The topological polar surface area (TPSA) is 421 Å². The van der Waals surface area contributed by atoms with E-state index in [9.17, 15) is 22.2 Å². The quantitative estimate of drug-likeness (QED) is 0.0457. The molecule has 8 aliphatic rings. The van der Waals surface area contributed by atoms with Crippen LogP contribution in [0.1, 0.15) is 232 Å². The minimum atomic E-state index is -1.57. The maximum absolute atomic E-state index is 13.4. The van der Waals surface area contributed by atoms with Crippen LogP contribution in [0, 0.1) is 21.7 Å². The molecular weight excluding hydrogens is 2160 g/mol. The van der Waals surface area contributed by atoms with Gasteiger partial charge in [-0.15, -0.1) is 0 Å². The summed E-state index contributed by atoms with van der Waals surface area (Å²) >= 11 is 43.8. The van der Waals surface area contributed by atoms with Crippen LogP contribution in [0.5, 0.6) is 0 Å². The molecule has 45 heteroatoms. The number of aromatic nitrogens is 12. The number of nitrogens with two attached hydrogens (primary N) is 4. The number of hydrogen-bond donors (Lipinski definition) is 9. The fraction of sp³-hybridized carbons (Fsp3) is 0.560. The first-order valence-electron chi connectivity index (χ1n) is 49.6. The van der Waals surface area contributed by atoms with Crippen LogP contribution in [0.15, 0.2) is 113 Å². The summed E-state index contributed by atoms with van der Waals surface area (Å²) in [6.07, 6.45) is 34.7. The van der Waals surface area contributed by atoms with Crippen LogP contribution in [-0.2, 0) is 42.4 Å². The van der Waals surface area contributed by atoms with Gasteiger partial charge in [0.1, 0.15) is 37.6 Å². The zero-order valence-electron chi connectivity index (χ0n) is 84.9. The second-order valence-corrected chi connectivity index (χ2v) is 54.2. The molecule has 7 atom stereocenters. The first-order chi connectivity index (χ1) is 68.3. The number of nitrogen functional groups attached to an aromatic ring is 3. The van der Waals surface area contributed by atoms with Gasteiger partial charge in [0.2, 0.25) is 23.8 Å². The molecule has 4 aliphatic carbocycles. The van der Waals surface area contributed by atoms with Crippen molar-refractivity contribution in [1.29, 1.82) is 0 Å². The van der Waals surface area contributed by atoms with Gasteiger partial charge in [-0.2, -0.15) is 24.8 Å². The normalized spacial score (nSPS) is 20.5. The van der Waals surface area contributed by atoms with Gasteiger partial charge in [-0.3, -0.25) is 17.6 Å². The van der Waals surface area contributed by atoms with E-state index in [0.29, 0.717) is 106 Å². The molecule has 2 amide bonds. The number of ether oxygens (including phenoxy) is 2. The fourth-order valence-electron chi connectivity index (χ4n) is 21.5. The Hall–Kier alpha value is -7.55. The Morgan fingerprint density at radius 3 is 1.04 bits per heavy atom. The molecule has 145 heavy (non-hydrogen) atoms. The molecule has 3 aromatic carbocycles. The lowest BCUT2D eigenvalue weighted by Crippen LogP contribution is -2.51. The van der Waals surface area contributed by atoms with Crippen LogP contribution >= 0.6 is 101 Å². The number of nitrogens with one attached hydrogen (secondary N) is 3. The van der Waals surface area contributed by atoms with Crippen LogP contribution in [0.25, 0.3) is 44.8 Å². The summed E-state index contributed by atoms with van der Waals surface area (Å²) < 4.78 is 68.2. The highest BCUT2D eigenvalue weighted by molar-refractivity contribution is 9.11. The van der Waals surface area contributed by atoms with E-state index in [1.165, 1.54) is 44.6 Å². The number of anilines is 8. The van der Waals surface area contributed by atoms with E-state index in [2.05, 4.69) is 90.5 Å². The third-order valence-corrected chi connectivity index (χ3v) is 38.2. The second-order valence-electron chi connectivity index (χ2n) is 44.2.